The number of anilines is 2. The first-order chi connectivity index (χ1) is 9.06. The van der Waals surface area contributed by atoms with E-state index in [1.165, 1.54) is 0 Å². The number of nitrogens with one attached hydrogen (secondary N) is 1. The summed E-state index contributed by atoms with van der Waals surface area (Å²) in [4.78, 5) is 11.9. The van der Waals surface area contributed by atoms with Crippen LogP contribution >= 0.6 is 27.5 Å². The van der Waals surface area contributed by atoms with E-state index in [1.54, 1.807) is 18.2 Å². The number of hydrogen-bond acceptors (Lipinski definition) is 2. The zero-order valence-electron chi connectivity index (χ0n) is 9.99. The molecule has 0 aliphatic carbocycles. The van der Waals surface area contributed by atoms with Crippen LogP contribution < -0.4 is 11.1 Å². The second kappa shape index (κ2) is 6.08. The predicted molar refractivity (Wildman–Crippen MR) is 82.3 cm³/mol. The molecule has 0 saturated heterocycles. The molecule has 0 aliphatic rings. The van der Waals surface area contributed by atoms with Gasteiger partial charge in [0.25, 0.3) is 0 Å². The molecule has 2 aromatic carbocycles. The van der Waals surface area contributed by atoms with Gasteiger partial charge in [-0.3, -0.25) is 4.79 Å². The number of nitrogens with two attached hydrogens (primary N) is 1. The summed E-state index contributed by atoms with van der Waals surface area (Å²) in [5, 5.41) is 3.17. The van der Waals surface area contributed by atoms with Crippen LogP contribution in [0, 0.1) is 0 Å². The SMILES string of the molecule is Nc1cccc(Cl)c1NC(=O)Cc1ccc(Br)cc1. The number of nitrogen functional groups attached to an aromatic ring is 1. The van der Waals surface area contributed by atoms with Gasteiger partial charge in [-0.25, -0.2) is 0 Å². The first-order valence-corrected chi connectivity index (χ1v) is 6.81. The van der Waals surface area contributed by atoms with Gasteiger partial charge in [0, 0.05) is 4.47 Å². The lowest BCUT2D eigenvalue weighted by Crippen LogP contribution is -2.15. The molecule has 0 atom stereocenters. The fourth-order valence-corrected chi connectivity index (χ4v) is 2.14. The Morgan fingerprint density at radius 2 is 1.89 bits per heavy atom. The highest BCUT2D eigenvalue weighted by Crippen LogP contribution is 2.27. The van der Waals surface area contributed by atoms with Crippen molar-refractivity contribution in [1.29, 1.82) is 0 Å². The molecule has 0 unspecified atom stereocenters. The largest absolute Gasteiger partial charge is 0.397 e. The molecule has 0 saturated carbocycles. The highest BCUT2D eigenvalue weighted by atomic mass is 79.9. The van der Waals surface area contributed by atoms with Crippen molar-refractivity contribution in [3.63, 3.8) is 0 Å². The summed E-state index contributed by atoms with van der Waals surface area (Å²) in [6.07, 6.45) is 0.276. The smallest absolute Gasteiger partial charge is 0.228 e. The number of carbonyl (C=O) groups excluding carboxylic acids is 1. The van der Waals surface area contributed by atoms with Crippen molar-refractivity contribution in [2.75, 3.05) is 11.1 Å². The molecule has 0 fully saturated rings. The van der Waals surface area contributed by atoms with E-state index in [1.807, 2.05) is 24.3 Å². The molecule has 0 heterocycles. The maximum Gasteiger partial charge on any atom is 0.228 e. The topological polar surface area (TPSA) is 55.1 Å². The summed E-state index contributed by atoms with van der Waals surface area (Å²) < 4.78 is 0.979. The van der Waals surface area contributed by atoms with E-state index in [0.29, 0.717) is 16.4 Å². The van der Waals surface area contributed by atoms with E-state index in [-0.39, 0.29) is 12.3 Å². The third kappa shape index (κ3) is 3.72. The molecule has 5 heteroatoms. The third-order valence-electron chi connectivity index (χ3n) is 2.59. The molecule has 3 nitrogen and oxygen atoms in total. The van der Waals surface area contributed by atoms with Crippen LogP contribution in [0.5, 0.6) is 0 Å². The summed E-state index contributed by atoms with van der Waals surface area (Å²) >= 11 is 9.35. The molecular weight excluding hydrogens is 328 g/mol. The summed E-state index contributed by atoms with van der Waals surface area (Å²) in [7, 11) is 0. The van der Waals surface area contributed by atoms with Crippen LogP contribution in [-0.2, 0) is 11.2 Å². The second-order valence-corrected chi connectivity index (χ2v) is 5.38. The van der Waals surface area contributed by atoms with Gasteiger partial charge >= 0.3 is 0 Å². The van der Waals surface area contributed by atoms with Crippen LogP contribution in [0.4, 0.5) is 11.4 Å². The van der Waals surface area contributed by atoms with E-state index < -0.39 is 0 Å². The third-order valence-corrected chi connectivity index (χ3v) is 3.43. The number of halogens is 2. The fourth-order valence-electron chi connectivity index (χ4n) is 1.64. The summed E-state index contributed by atoms with van der Waals surface area (Å²) in [6.45, 7) is 0. The van der Waals surface area contributed by atoms with Crippen molar-refractivity contribution in [2.45, 2.75) is 6.42 Å². The molecule has 1 amide bonds. The van der Waals surface area contributed by atoms with Gasteiger partial charge in [0.1, 0.15) is 0 Å². The lowest BCUT2D eigenvalue weighted by molar-refractivity contribution is -0.115. The molecular formula is C14H12BrClN2O. The molecule has 0 aliphatic heterocycles. The zero-order valence-corrected chi connectivity index (χ0v) is 12.3. The number of para-hydroxylation sites is 1. The Morgan fingerprint density at radius 1 is 1.21 bits per heavy atom. The highest BCUT2D eigenvalue weighted by molar-refractivity contribution is 9.10. The Balaban J connectivity index is 2.07. The maximum absolute atomic E-state index is 11.9. The Hall–Kier alpha value is -1.52. The van der Waals surface area contributed by atoms with Crippen LogP contribution in [0.25, 0.3) is 0 Å². The molecule has 2 rings (SSSR count). The van der Waals surface area contributed by atoms with E-state index >= 15 is 0 Å². The normalized spacial score (nSPS) is 10.2. The first kappa shape index (κ1) is 13.9. The summed E-state index contributed by atoms with van der Waals surface area (Å²) in [5.41, 5.74) is 7.62. The van der Waals surface area contributed by atoms with Crippen molar-refractivity contribution in [1.82, 2.24) is 0 Å². The van der Waals surface area contributed by atoms with Gasteiger partial charge in [0.15, 0.2) is 0 Å². The minimum atomic E-state index is -0.151. The number of benzene rings is 2. The molecule has 0 radical (unpaired) electrons. The second-order valence-electron chi connectivity index (χ2n) is 4.06. The maximum atomic E-state index is 11.9. The summed E-state index contributed by atoms with van der Waals surface area (Å²) in [5.74, 6) is -0.151. The van der Waals surface area contributed by atoms with E-state index in [9.17, 15) is 4.79 Å². The van der Waals surface area contributed by atoms with Gasteiger partial charge in [0.2, 0.25) is 5.91 Å². The lowest BCUT2D eigenvalue weighted by atomic mass is 10.1. The quantitative estimate of drug-likeness (QED) is 0.834. The van der Waals surface area contributed by atoms with Crippen molar-refractivity contribution < 1.29 is 4.79 Å². The average molecular weight is 340 g/mol. The van der Waals surface area contributed by atoms with Crippen LogP contribution in [-0.4, -0.2) is 5.91 Å². The van der Waals surface area contributed by atoms with Gasteiger partial charge in [-0.2, -0.15) is 0 Å². The number of carbonyl (C=O) groups is 1. The van der Waals surface area contributed by atoms with Gasteiger partial charge in [-0.1, -0.05) is 45.7 Å². The molecule has 0 bridgehead atoms. The lowest BCUT2D eigenvalue weighted by Gasteiger charge is -2.10. The van der Waals surface area contributed by atoms with Gasteiger partial charge in [0.05, 0.1) is 22.8 Å². The first-order valence-electron chi connectivity index (χ1n) is 5.64. The Bertz CT molecular complexity index is 579. The van der Waals surface area contributed by atoms with Crippen LogP contribution in [0.2, 0.25) is 5.02 Å². The standard InChI is InChI=1S/C14H12BrClN2O/c15-10-6-4-9(5-7-10)8-13(19)18-14-11(16)2-1-3-12(14)17/h1-7H,8,17H2,(H,18,19). The number of amides is 1. The monoisotopic (exact) mass is 338 g/mol. The van der Waals surface area contributed by atoms with Gasteiger partial charge < -0.3 is 11.1 Å². The minimum Gasteiger partial charge on any atom is -0.397 e. The molecule has 0 spiro atoms. The number of hydrogen-bond donors (Lipinski definition) is 2. The fraction of sp³-hybridized carbons (Fsp3) is 0.0714. The van der Waals surface area contributed by atoms with Crippen molar-refractivity contribution >= 4 is 44.8 Å². The van der Waals surface area contributed by atoms with Crippen LogP contribution in [0.15, 0.2) is 46.9 Å². The molecule has 19 heavy (non-hydrogen) atoms. The summed E-state index contributed by atoms with van der Waals surface area (Å²) in [6, 6.07) is 12.7. The van der Waals surface area contributed by atoms with E-state index in [4.69, 9.17) is 17.3 Å². The van der Waals surface area contributed by atoms with Crippen molar-refractivity contribution in [3.05, 3.63) is 57.5 Å². The van der Waals surface area contributed by atoms with E-state index in [0.717, 1.165) is 10.0 Å². The van der Waals surface area contributed by atoms with Gasteiger partial charge in [-0.05, 0) is 29.8 Å². The molecule has 98 valence electrons. The van der Waals surface area contributed by atoms with Gasteiger partial charge in [-0.15, -0.1) is 0 Å². The van der Waals surface area contributed by atoms with E-state index in [2.05, 4.69) is 21.2 Å². The number of rotatable bonds is 3. The zero-order chi connectivity index (χ0) is 13.8. The highest BCUT2D eigenvalue weighted by Gasteiger charge is 2.09. The predicted octanol–water partition coefficient (Wildman–Crippen LogP) is 3.87. The van der Waals surface area contributed by atoms with Crippen molar-refractivity contribution in [3.8, 4) is 0 Å². The van der Waals surface area contributed by atoms with Crippen LogP contribution in [0.1, 0.15) is 5.56 Å². The average Bonchev–Trinajstić information content (AvgIpc) is 2.37. The van der Waals surface area contributed by atoms with Crippen molar-refractivity contribution in [2.24, 2.45) is 0 Å². The Morgan fingerprint density at radius 3 is 2.53 bits per heavy atom. The Labute approximate surface area is 124 Å². The molecule has 2 aromatic rings. The minimum absolute atomic E-state index is 0.151. The van der Waals surface area contributed by atoms with Crippen LogP contribution in [0.3, 0.4) is 0 Å². The Kier molecular flexibility index (Phi) is 4.45. The molecule has 3 N–H and O–H groups in total. The molecule has 0 aromatic heterocycles.